The van der Waals surface area contributed by atoms with Crippen molar-refractivity contribution in [3.63, 3.8) is 0 Å². The topological polar surface area (TPSA) is 66.4 Å². The first-order valence-corrected chi connectivity index (χ1v) is 7.31. The highest BCUT2D eigenvalue weighted by Crippen LogP contribution is 2.18. The number of nitrogens with one attached hydrogen (secondary N) is 2. The SMILES string of the molecule is CNCc1cc(S(=O)(=O)NN(C)C)cn1C(C)C. The zero-order valence-corrected chi connectivity index (χ0v) is 12.4. The van der Waals surface area contributed by atoms with Crippen molar-refractivity contribution in [1.82, 2.24) is 19.7 Å². The van der Waals surface area contributed by atoms with E-state index < -0.39 is 10.0 Å². The van der Waals surface area contributed by atoms with Gasteiger partial charge in [-0.25, -0.2) is 13.4 Å². The van der Waals surface area contributed by atoms with Gasteiger partial charge in [-0.15, -0.1) is 4.83 Å². The lowest BCUT2D eigenvalue weighted by Crippen LogP contribution is -2.35. The summed E-state index contributed by atoms with van der Waals surface area (Å²) >= 11 is 0. The molecule has 1 aromatic rings. The summed E-state index contributed by atoms with van der Waals surface area (Å²) in [6.45, 7) is 4.68. The highest BCUT2D eigenvalue weighted by Gasteiger charge is 2.19. The maximum Gasteiger partial charge on any atom is 0.254 e. The number of sulfonamides is 1. The molecule has 0 aliphatic carbocycles. The lowest BCUT2D eigenvalue weighted by Gasteiger charge is -2.12. The lowest BCUT2D eigenvalue weighted by atomic mass is 10.3. The number of rotatable bonds is 6. The summed E-state index contributed by atoms with van der Waals surface area (Å²) in [7, 11) is 1.64. The molecule has 1 heterocycles. The molecule has 0 saturated heterocycles. The molecule has 104 valence electrons. The van der Waals surface area contributed by atoms with Gasteiger partial charge in [-0.1, -0.05) is 0 Å². The predicted octanol–water partition coefficient (Wildman–Crippen LogP) is 0.543. The Hall–Kier alpha value is -0.890. The zero-order chi connectivity index (χ0) is 13.9. The van der Waals surface area contributed by atoms with Crippen LogP contribution in [0.25, 0.3) is 0 Å². The van der Waals surface area contributed by atoms with Crippen molar-refractivity contribution in [3.8, 4) is 0 Å². The molecule has 0 radical (unpaired) electrons. The van der Waals surface area contributed by atoms with E-state index in [2.05, 4.69) is 10.1 Å². The molecule has 7 heteroatoms. The molecule has 0 aliphatic heterocycles. The minimum absolute atomic E-state index is 0.219. The van der Waals surface area contributed by atoms with E-state index in [1.807, 2.05) is 25.5 Å². The van der Waals surface area contributed by atoms with E-state index in [1.165, 1.54) is 5.01 Å². The molecule has 2 N–H and O–H groups in total. The van der Waals surface area contributed by atoms with Crippen molar-refractivity contribution < 1.29 is 8.42 Å². The molecule has 0 aliphatic rings. The van der Waals surface area contributed by atoms with Gasteiger partial charge in [0.25, 0.3) is 10.0 Å². The van der Waals surface area contributed by atoms with E-state index in [0.29, 0.717) is 6.54 Å². The van der Waals surface area contributed by atoms with E-state index in [1.54, 1.807) is 26.4 Å². The second-order valence-corrected chi connectivity index (χ2v) is 6.35. The van der Waals surface area contributed by atoms with Gasteiger partial charge in [0.15, 0.2) is 0 Å². The van der Waals surface area contributed by atoms with Crippen molar-refractivity contribution in [1.29, 1.82) is 0 Å². The first kappa shape index (κ1) is 15.2. The van der Waals surface area contributed by atoms with Crippen LogP contribution in [0.1, 0.15) is 25.6 Å². The molecule has 0 spiro atoms. The highest BCUT2D eigenvalue weighted by molar-refractivity contribution is 7.89. The summed E-state index contributed by atoms with van der Waals surface area (Å²) in [4.78, 5) is 2.72. The summed E-state index contributed by atoms with van der Waals surface area (Å²) < 4.78 is 26.1. The van der Waals surface area contributed by atoms with Gasteiger partial charge in [0, 0.05) is 38.6 Å². The Morgan fingerprint density at radius 2 is 2.00 bits per heavy atom. The van der Waals surface area contributed by atoms with Crippen molar-refractivity contribution in [2.75, 3.05) is 21.1 Å². The molecule has 1 aromatic heterocycles. The maximum absolute atomic E-state index is 12.0. The van der Waals surface area contributed by atoms with Gasteiger partial charge in [0.2, 0.25) is 0 Å². The molecule has 1 rings (SSSR count). The molecule has 0 saturated carbocycles. The fraction of sp³-hybridized carbons (Fsp3) is 0.636. The number of hydrazine groups is 1. The average molecular weight is 274 g/mol. The van der Waals surface area contributed by atoms with Crippen LogP contribution in [0.5, 0.6) is 0 Å². The van der Waals surface area contributed by atoms with Crippen LogP contribution in [0.15, 0.2) is 17.2 Å². The summed E-state index contributed by atoms with van der Waals surface area (Å²) in [5.41, 5.74) is 0.951. The van der Waals surface area contributed by atoms with Gasteiger partial charge < -0.3 is 9.88 Å². The van der Waals surface area contributed by atoms with Gasteiger partial charge in [0.05, 0.1) is 0 Å². The van der Waals surface area contributed by atoms with Crippen molar-refractivity contribution >= 4 is 10.0 Å². The van der Waals surface area contributed by atoms with Gasteiger partial charge in [-0.2, -0.15) is 0 Å². The molecule has 0 unspecified atom stereocenters. The monoisotopic (exact) mass is 274 g/mol. The fourth-order valence-electron chi connectivity index (χ4n) is 1.74. The molecule has 18 heavy (non-hydrogen) atoms. The Labute approximate surface area is 109 Å². The van der Waals surface area contributed by atoms with E-state index >= 15 is 0 Å². The molecular weight excluding hydrogens is 252 g/mol. The molecule has 0 fully saturated rings. The van der Waals surface area contributed by atoms with Crippen LogP contribution >= 0.6 is 0 Å². The Morgan fingerprint density at radius 1 is 1.39 bits per heavy atom. The Balaban J connectivity index is 3.15. The van der Waals surface area contributed by atoms with Gasteiger partial charge >= 0.3 is 0 Å². The second-order valence-electron chi connectivity index (χ2n) is 4.69. The average Bonchev–Trinajstić information content (AvgIpc) is 2.61. The Bertz CT molecular complexity index is 491. The minimum atomic E-state index is -3.49. The van der Waals surface area contributed by atoms with Gasteiger partial charge in [0.1, 0.15) is 4.90 Å². The molecule has 0 aromatic carbocycles. The van der Waals surface area contributed by atoms with E-state index in [9.17, 15) is 8.42 Å². The third kappa shape index (κ3) is 3.55. The Kier molecular flexibility index (Phi) is 4.92. The van der Waals surface area contributed by atoms with Crippen LogP contribution in [-0.2, 0) is 16.6 Å². The Morgan fingerprint density at radius 3 is 2.44 bits per heavy atom. The number of hydrogen-bond donors (Lipinski definition) is 2. The van der Waals surface area contributed by atoms with Crippen LogP contribution in [-0.4, -0.2) is 39.1 Å². The summed E-state index contributed by atoms with van der Waals surface area (Å²) in [5.74, 6) is 0. The van der Waals surface area contributed by atoms with Crippen LogP contribution < -0.4 is 10.1 Å². The summed E-state index contributed by atoms with van der Waals surface area (Å²) in [6, 6.07) is 1.92. The standard InChI is InChI=1S/C11H22N4O2S/c1-9(2)15-8-11(6-10(15)7-12-3)18(16,17)13-14(4)5/h6,8-9,12-13H,7H2,1-5H3. The van der Waals surface area contributed by atoms with Crippen LogP contribution in [0.2, 0.25) is 0 Å². The number of aromatic nitrogens is 1. The predicted molar refractivity (Wildman–Crippen MR) is 71.6 cm³/mol. The van der Waals surface area contributed by atoms with Crippen LogP contribution in [0.4, 0.5) is 0 Å². The summed E-state index contributed by atoms with van der Waals surface area (Å²) in [5, 5.41) is 4.45. The lowest BCUT2D eigenvalue weighted by molar-refractivity contribution is 0.364. The van der Waals surface area contributed by atoms with E-state index in [-0.39, 0.29) is 10.9 Å². The number of nitrogens with zero attached hydrogens (tertiary/aromatic N) is 2. The van der Waals surface area contributed by atoms with Gasteiger partial charge in [-0.05, 0) is 27.0 Å². The van der Waals surface area contributed by atoms with Crippen molar-refractivity contribution in [2.45, 2.75) is 31.3 Å². The number of hydrogen-bond acceptors (Lipinski definition) is 4. The van der Waals surface area contributed by atoms with E-state index in [4.69, 9.17) is 0 Å². The molecular formula is C11H22N4O2S. The zero-order valence-electron chi connectivity index (χ0n) is 11.6. The highest BCUT2D eigenvalue weighted by atomic mass is 32.2. The fourth-order valence-corrected chi connectivity index (χ4v) is 2.87. The minimum Gasteiger partial charge on any atom is -0.346 e. The molecule has 0 atom stereocenters. The first-order chi connectivity index (χ1) is 8.27. The van der Waals surface area contributed by atoms with Crippen molar-refractivity contribution in [2.24, 2.45) is 0 Å². The molecule has 6 nitrogen and oxygen atoms in total. The first-order valence-electron chi connectivity index (χ1n) is 5.83. The molecule has 0 amide bonds. The van der Waals surface area contributed by atoms with Crippen LogP contribution in [0, 0.1) is 0 Å². The smallest absolute Gasteiger partial charge is 0.254 e. The largest absolute Gasteiger partial charge is 0.346 e. The summed E-state index contributed by atoms with van der Waals surface area (Å²) in [6.07, 6.45) is 1.67. The molecule has 0 bridgehead atoms. The van der Waals surface area contributed by atoms with Crippen LogP contribution in [0.3, 0.4) is 0 Å². The second kappa shape index (κ2) is 5.83. The van der Waals surface area contributed by atoms with E-state index in [0.717, 1.165) is 5.69 Å². The quantitative estimate of drug-likeness (QED) is 0.743. The third-order valence-electron chi connectivity index (χ3n) is 2.43. The maximum atomic E-state index is 12.0. The van der Waals surface area contributed by atoms with Gasteiger partial charge in [-0.3, -0.25) is 0 Å². The normalized spacial score (nSPS) is 12.6. The third-order valence-corrected chi connectivity index (χ3v) is 3.88. The van der Waals surface area contributed by atoms with Crippen molar-refractivity contribution in [3.05, 3.63) is 18.0 Å².